The standard InChI is InChI=1S/C19H22N2O3/c1-14-7-6-8-15(11-14)12-20-17(22)13-21-18(19(23)24-2)16-9-4-3-5-10-16/h3-11,18,21H,12-13H2,1-2H3,(H,20,22)/t18-/m1/s1. The lowest BCUT2D eigenvalue weighted by Gasteiger charge is -2.16. The van der Waals surface area contributed by atoms with Crippen molar-refractivity contribution in [1.29, 1.82) is 0 Å². The van der Waals surface area contributed by atoms with E-state index in [4.69, 9.17) is 4.74 Å². The highest BCUT2D eigenvalue weighted by atomic mass is 16.5. The molecular formula is C19H22N2O3. The Balaban J connectivity index is 1.89. The summed E-state index contributed by atoms with van der Waals surface area (Å²) in [5, 5.41) is 5.78. The predicted molar refractivity (Wildman–Crippen MR) is 92.2 cm³/mol. The highest BCUT2D eigenvalue weighted by molar-refractivity contribution is 5.81. The van der Waals surface area contributed by atoms with Crippen molar-refractivity contribution in [3.63, 3.8) is 0 Å². The van der Waals surface area contributed by atoms with Crippen molar-refractivity contribution in [2.45, 2.75) is 19.5 Å². The quantitative estimate of drug-likeness (QED) is 0.765. The molecule has 126 valence electrons. The summed E-state index contributed by atoms with van der Waals surface area (Å²) in [5.41, 5.74) is 2.95. The van der Waals surface area contributed by atoms with Gasteiger partial charge in [0.2, 0.25) is 5.91 Å². The summed E-state index contributed by atoms with van der Waals surface area (Å²) < 4.78 is 4.81. The molecule has 2 aromatic carbocycles. The lowest BCUT2D eigenvalue weighted by atomic mass is 10.1. The number of methoxy groups -OCH3 is 1. The van der Waals surface area contributed by atoms with Crippen molar-refractivity contribution in [1.82, 2.24) is 10.6 Å². The summed E-state index contributed by atoms with van der Waals surface area (Å²) in [4.78, 5) is 23.9. The highest BCUT2D eigenvalue weighted by Crippen LogP contribution is 2.13. The molecule has 0 aliphatic carbocycles. The van der Waals surface area contributed by atoms with Crippen LogP contribution in [-0.2, 0) is 20.9 Å². The third-order valence-electron chi connectivity index (χ3n) is 3.61. The first kappa shape index (κ1) is 17.7. The van der Waals surface area contributed by atoms with Crippen LogP contribution in [0.15, 0.2) is 54.6 Å². The number of amides is 1. The summed E-state index contributed by atoms with van der Waals surface area (Å²) in [6, 6.07) is 16.5. The van der Waals surface area contributed by atoms with E-state index in [1.807, 2.05) is 61.5 Å². The van der Waals surface area contributed by atoms with E-state index in [2.05, 4.69) is 10.6 Å². The van der Waals surface area contributed by atoms with Gasteiger partial charge < -0.3 is 10.1 Å². The van der Waals surface area contributed by atoms with Gasteiger partial charge in [-0.15, -0.1) is 0 Å². The fourth-order valence-electron chi connectivity index (χ4n) is 2.38. The van der Waals surface area contributed by atoms with Crippen molar-refractivity contribution >= 4 is 11.9 Å². The monoisotopic (exact) mass is 326 g/mol. The maximum absolute atomic E-state index is 12.0. The third-order valence-corrected chi connectivity index (χ3v) is 3.61. The number of rotatable bonds is 7. The largest absolute Gasteiger partial charge is 0.468 e. The molecule has 0 aliphatic heterocycles. The van der Waals surface area contributed by atoms with E-state index in [-0.39, 0.29) is 12.5 Å². The van der Waals surface area contributed by atoms with Gasteiger partial charge in [0.25, 0.3) is 0 Å². The lowest BCUT2D eigenvalue weighted by Crippen LogP contribution is -2.38. The Kier molecular flexibility index (Phi) is 6.51. The maximum Gasteiger partial charge on any atom is 0.327 e. The van der Waals surface area contributed by atoms with Crippen LogP contribution >= 0.6 is 0 Å². The van der Waals surface area contributed by atoms with E-state index < -0.39 is 12.0 Å². The van der Waals surface area contributed by atoms with Gasteiger partial charge >= 0.3 is 5.97 Å². The van der Waals surface area contributed by atoms with Gasteiger partial charge in [-0.2, -0.15) is 0 Å². The number of carbonyl (C=O) groups excluding carboxylic acids is 2. The number of esters is 1. The SMILES string of the molecule is COC(=O)[C@H](NCC(=O)NCc1cccc(C)c1)c1ccccc1. The Labute approximate surface area is 142 Å². The van der Waals surface area contributed by atoms with Crippen LogP contribution in [0.3, 0.4) is 0 Å². The van der Waals surface area contributed by atoms with E-state index in [1.165, 1.54) is 7.11 Å². The normalized spacial score (nSPS) is 11.6. The Morgan fingerprint density at radius 3 is 2.50 bits per heavy atom. The molecule has 0 heterocycles. The second-order valence-electron chi connectivity index (χ2n) is 5.51. The molecule has 2 N–H and O–H groups in total. The third kappa shape index (κ3) is 5.21. The zero-order valence-electron chi connectivity index (χ0n) is 13.9. The summed E-state index contributed by atoms with van der Waals surface area (Å²) in [6.07, 6.45) is 0. The molecule has 0 radical (unpaired) electrons. The molecule has 5 nitrogen and oxygen atoms in total. The predicted octanol–water partition coefficient (Wildman–Crippen LogP) is 2.12. The van der Waals surface area contributed by atoms with Crippen LogP contribution in [0, 0.1) is 6.92 Å². The first-order chi connectivity index (χ1) is 11.6. The zero-order valence-corrected chi connectivity index (χ0v) is 13.9. The van der Waals surface area contributed by atoms with Crippen LogP contribution in [0.25, 0.3) is 0 Å². The van der Waals surface area contributed by atoms with Crippen LogP contribution in [0.4, 0.5) is 0 Å². The summed E-state index contributed by atoms with van der Waals surface area (Å²) in [7, 11) is 1.33. The number of hydrogen-bond donors (Lipinski definition) is 2. The fraction of sp³-hybridized carbons (Fsp3) is 0.263. The minimum absolute atomic E-state index is 0.0283. The van der Waals surface area contributed by atoms with Gasteiger partial charge in [0.05, 0.1) is 13.7 Å². The number of nitrogens with one attached hydrogen (secondary N) is 2. The van der Waals surface area contributed by atoms with Crippen molar-refractivity contribution in [2.24, 2.45) is 0 Å². The van der Waals surface area contributed by atoms with Crippen molar-refractivity contribution < 1.29 is 14.3 Å². The molecule has 2 aromatic rings. The van der Waals surface area contributed by atoms with E-state index in [0.29, 0.717) is 6.54 Å². The molecule has 0 saturated carbocycles. The summed E-state index contributed by atoms with van der Waals surface area (Å²) in [5.74, 6) is -0.603. The Bertz CT molecular complexity index is 686. The van der Waals surface area contributed by atoms with Crippen molar-refractivity contribution in [3.8, 4) is 0 Å². The van der Waals surface area contributed by atoms with Crippen molar-refractivity contribution in [3.05, 3.63) is 71.3 Å². The van der Waals surface area contributed by atoms with Gasteiger partial charge in [0, 0.05) is 6.54 Å². The molecule has 1 amide bonds. The fourth-order valence-corrected chi connectivity index (χ4v) is 2.38. The van der Waals surface area contributed by atoms with E-state index >= 15 is 0 Å². The number of hydrogen-bond acceptors (Lipinski definition) is 4. The number of benzene rings is 2. The van der Waals surface area contributed by atoms with Crippen LogP contribution < -0.4 is 10.6 Å². The van der Waals surface area contributed by atoms with E-state index in [0.717, 1.165) is 16.7 Å². The van der Waals surface area contributed by atoms with Crippen LogP contribution in [0.2, 0.25) is 0 Å². The smallest absolute Gasteiger partial charge is 0.327 e. The van der Waals surface area contributed by atoms with Crippen LogP contribution in [-0.4, -0.2) is 25.5 Å². The van der Waals surface area contributed by atoms with Gasteiger partial charge in [-0.1, -0.05) is 60.2 Å². The highest BCUT2D eigenvalue weighted by Gasteiger charge is 2.21. The first-order valence-electron chi connectivity index (χ1n) is 7.78. The molecule has 2 rings (SSSR count). The van der Waals surface area contributed by atoms with Gasteiger partial charge in [0.15, 0.2) is 0 Å². The minimum Gasteiger partial charge on any atom is -0.468 e. The molecule has 0 bridgehead atoms. The second kappa shape index (κ2) is 8.84. The van der Waals surface area contributed by atoms with Crippen LogP contribution in [0.1, 0.15) is 22.7 Å². The Morgan fingerprint density at radius 2 is 1.83 bits per heavy atom. The van der Waals surface area contributed by atoms with Crippen molar-refractivity contribution in [2.75, 3.05) is 13.7 Å². The molecule has 0 saturated heterocycles. The molecule has 1 atom stereocenters. The van der Waals surface area contributed by atoms with Gasteiger partial charge in [-0.3, -0.25) is 10.1 Å². The Hall–Kier alpha value is -2.66. The van der Waals surface area contributed by atoms with Gasteiger partial charge in [0.1, 0.15) is 6.04 Å². The topological polar surface area (TPSA) is 67.4 Å². The Morgan fingerprint density at radius 1 is 1.08 bits per heavy atom. The van der Waals surface area contributed by atoms with Gasteiger partial charge in [-0.25, -0.2) is 4.79 Å². The average Bonchev–Trinajstić information content (AvgIpc) is 2.61. The molecule has 0 aliphatic rings. The molecule has 0 spiro atoms. The summed E-state index contributed by atoms with van der Waals surface area (Å²) in [6.45, 7) is 2.49. The average molecular weight is 326 g/mol. The maximum atomic E-state index is 12.0. The van der Waals surface area contributed by atoms with Gasteiger partial charge in [-0.05, 0) is 18.1 Å². The molecule has 0 aromatic heterocycles. The first-order valence-corrected chi connectivity index (χ1v) is 7.78. The number of carbonyl (C=O) groups is 2. The minimum atomic E-state index is -0.666. The molecule has 0 unspecified atom stereocenters. The lowest BCUT2D eigenvalue weighted by molar-refractivity contribution is -0.143. The van der Waals surface area contributed by atoms with E-state index in [1.54, 1.807) is 0 Å². The molecule has 0 fully saturated rings. The van der Waals surface area contributed by atoms with E-state index in [9.17, 15) is 9.59 Å². The number of aryl methyl sites for hydroxylation is 1. The second-order valence-corrected chi connectivity index (χ2v) is 5.51. The zero-order chi connectivity index (χ0) is 17.4. The summed E-state index contributed by atoms with van der Waals surface area (Å²) >= 11 is 0. The molecule has 5 heteroatoms. The molecule has 24 heavy (non-hydrogen) atoms. The number of ether oxygens (including phenoxy) is 1. The van der Waals surface area contributed by atoms with Crippen LogP contribution in [0.5, 0.6) is 0 Å². The molecular weight excluding hydrogens is 304 g/mol.